The number of carboxylic acid groups (broad SMARTS) is 2. The highest BCUT2D eigenvalue weighted by Gasteiger charge is 2.21. The van der Waals surface area contributed by atoms with Crippen molar-refractivity contribution >= 4 is 65.0 Å². The summed E-state index contributed by atoms with van der Waals surface area (Å²) in [6.07, 6.45) is 22.9. The van der Waals surface area contributed by atoms with Crippen LogP contribution in [0.1, 0.15) is 168 Å². The molecule has 3 unspecified atom stereocenters. The summed E-state index contributed by atoms with van der Waals surface area (Å²) < 4.78 is 5.77. The monoisotopic (exact) mass is 876 g/mol. The highest BCUT2D eigenvalue weighted by atomic mass is 32.2. The Bertz CT molecular complexity index is 1080. The number of likely N-dealkylation sites (tertiary alicyclic amines) is 1. The third kappa shape index (κ3) is 33.1. The third-order valence-electron chi connectivity index (χ3n) is 10.6. The van der Waals surface area contributed by atoms with E-state index in [0.29, 0.717) is 67.8 Å². The van der Waals surface area contributed by atoms with Gasteiger partial charge >= 0.3 is 17.9 Å². The van der Waals surface area contributed by atoms with Crippen LogP contribution in [0.5, 0.6) is 0 Å². The minimum atomic E-state index is -0.824. The van der Waals surface area contributed by atoms with Gasteiger partial charge < -0.3 is 30.5 Å². The Kier molecular flexibility index (Phi) is 35.9. The molecule has 1 heterocycles. The van der Waals surface area contributed by atoms with Crippen LogP contribution in [0.2, 0.25) is 0 Å². The number of thioether (sulfide) groups is 3. The first kappa shape index (κ1) is 54.4. The van der Waals surface area contributed by atoms with E-state index in [4.69, 9.17) is 14.9 Å². The zero-order valence-corrected chi connectivity index (χ0v) is 38.7. The lowest BCUT2D eigenvalue weighted by Crippen LogP contribution is -2.48. The molecule has 1 saturated heterocycles. The number of carbonyl (C=O) groups excluding carboxylic acids is 3. The van der Waals surface area contributed by atoms with E-state index in [2.05, 4.69) is 29.4 Å². The van der Waals surface area contributed by atoms with Crippen molar-refractivity contribution in [3.8, 4) is 0 Å². The number of carboxylic acids is 2. The van der Waals surface area contributed by atoms with E-state index in [0.717, 1.165) is 57.5 Å². The standard InChI is InChI=1S/C44H81N3O8S3/c1-3-5-7-9-10-13-19-37(18-12-8-6-4-2)36-55-43(53)26-34-57-32-23-39(44(54)45-27-30-47-28-16-11-17-29-47)46-40(48)21-15-14-20-38(58-35-25-42(51)52)22-31-56-33-24-41(49)50/h37-39H,3-36H2,1-2H3,(H,45,54)(H,46,48)(H,49,50)(H,51,52). The quantitative estimate of drug-likeness (QED) is 0.0342. The Morgan fingerprint density at radius 2 is 1.22 bits per heavy atom. The summed E-state index contributed by atoms with van der Waals surface area (Å²) in [6.45, 7) is 8.42. The summed E-state index contributed by atoms with van der Waals surface area (Å²) in [5, 5.41) is 24.2. The first-order valence-electron chi connectivity index (χ1n) is 22.8. The molecule has 0 spiro atoms. The lowest BCUT2D eigenvalue weighted by atomic mass is 9.95. The second-order valence-electron chi connectivity index (χ2n) is 15.8. The minimum absolute atomic E-state index is 0.0958. The second kappa shape index (κ2) is 38.3. The second-order valence-corrected chi connectivity index (χ2v) is 19.7. The number of rotatable bonds is 40. The Morgan fingerprint density at radius 3 is 1.90 bits per heavy atom. The fourth-order valence-corrected chi connectivity index (χ4v) is 10.3. The van der Waals surface area contributed by atoms with Gasteiger partial charge in [-0.15, -0.1) is 0 Å². The van der Waals surface area contributed by atoms with E-state index in [1.165, 1.54) is 83.5 Å². The van der Waals surface area contributed by atoms with Gasteiger partial charge in [-0.2, -0.15) is 35.3 Å². The molecule has 1 fully saturated rings. The van der Waals surface area contributed by atoms with Gasteiger partial charge in [0.15, 0.2) is 0 Å². The number of carbonyl (C=O) groups is 5. The van der Waals surface area contributed by atoms with E-state index >= 15 is 0 Å². The molecule has 2 amide bonds. The van der Waals surface area contributed by atoms with Crippen LogP contribution in [0.15, 0.2) is 0 Å². The smallest absolute Gasteiger partial charge is 0.306 e. The predicted molar refractivity (Wildman–Crippen MR) is 244 cm³/mol. The van der Waals surface area contributed by atoms with Crippen molar-refractivity contribution in [2.75, 3.05) is 61.6 Å². The molecule has 0 aromatic carbocycles. The maximum atomic E-state index is 13.3. The molecule has 58 heavy (non-hydrogen) atoms. The minimum Gasteiger partial charge on any atom is -0.481 e. The van der Waals surface area contributed by atoms with Gasteiger partial charge in [-0.1, -0.05) is 90.9 Å². The molecule has 1 aliphatic rings. The largest absolute Gasteiger partial charge is 0.481 e. The summed E-state index contributed by atoms with van der Waals surface area (Å²) in [5.41, 5.74) is 0. The fourth-order valence-electron chi connectivity index (χ4n) is 7.06. The fraction of sp³-hybridized carbons (Fsp3) is 0.886. The van der Waals surface area contributed by atoms with E-state index in [-0.39, 0.29) is 35.9 Å². The van der Waals surface area contributed by atoms with Crippen LogP contribution in [0, 0.1) is 5.92 Å². The SMILES string of the molecule is CCCCCCCCC(CCCCCC)COC(=O)CCSCCC(NC(=O)CCCCC(CCSCCC(=O)O)SCCC(=O)O)C(=O)NCCN1CCCCC1. The molecule has 0 bridgehead atoms. The van der Waals surface area contributed by atoms with Crippen LogP contribution in [0.25, 0.3) is 0 Å². The lowest BCUT2D eigenvalue weighted by molar-refractivity contribution is -0.144. The number of nitrogens with zero attached hydrogens (tertiary/aromatic N) is 1. The molecule has 0 aromatic heterocycles. The summed E-state index contributed by atoms with van der Waals surface area (Å²) in [4.78, 5) is 63.4. The summed E-state index contributed by atoms with van der Waals surface area (Å²) in [6, 6.07) is -0.647. The van der Waals surface area contributed by atoms with Gasteiger partial charge in [-0.3, -0.25) is 24.0 Å². The number of aliphatic carboxylic acids is 2. The molecule has 14 heteroatoms. The Balaban J connectivity index is 2.57. The van der Waals surface area contributed by atoms with E-state index in [9.17, 15) is 24.0 Å². The Morgan fingerprint density at radius 1 is 0.638 bits per heavy atom. The van der Waals surface area contributed by atoms with Crippen LogP contribution in [0.4, 0.5) is 0 Å². The zero-order chi connectivity index (χ0) is 42.5. The molecular weight excluding hydrogens is 795 g/mol. The molecule has 4 N–H and O–H groups in total. The molecule has 1 aliphatic heterocycles. The molecule has 0 aliphatic carbocycles. The van der Waals surface area contributed by atoms with Gasteiger partial charge in [0.2, 0.25) is 11.8 Å². The molecular formula is C44H81N3O8S3. The number of unbranched alkanes of at least 4 members (excludes halogenated alkanes) is 9. The van der Waals surface area contributed by atoms with Gasteiger partial charge in [0.25, 0.3) is 0 Å². The van der Waals surface area contributed by atoms with Gasteiger partial charge in [0.1, 0.15) is 6.04 Å². The zero-order valence-electron chi connectivity index (χ0n) is 36.3. The summed E-state index contributed by atoms with van der Waals surface area (Å²) in [7, 11) is 0. The number of piperidine rings is 1. The number of nitrogens with one attached hydrogen (secondary N) is 2. The maximum absolute atomic E-state index is 13.3. The number of ether oxygens (including phenoxy) is 1. The van der Waals surface area contributed by atoms with Crippen LogP contribution in [-0.2, 0) is 28.7 Å². The van der Waals surface area contributed by atoms with E-state index in [1.807, 2.05) is 0 Å². The van der Waals surface area contributed by atoms with Crippen molar-refractivity contribution in [3.63, 3.8) is 0 Å². The maximum Gasteiger partial charge on any atom is 0.306 e. The molecule has 11 nitrogen and oxygen atoms in total. The Hall–Kier alpha value is -1.64. The number of hydrogen-bond donors (Lipinski definition) is 4. The summed E-state index contributed by atoms with van der Waals surface area (Å²) >= 11 is 4.84. The molecule has 3 atom stereocenters. The topological polar surface area (TPSA) is 162 Å². The molecule has 338 valence electrons. The third-order valence-corrected chi connectivity index (χ3v) is 14.1. The molecule has 1 rings (SSSR count). The van der Waals surface area contributed by atoms with Crippen molar-refractivity contribution < 1.29 is 38.9 Å². The van der Waals surface area contributed by atoms with Crippen LogP contribution in [-0.4, -0.2) is 118 Å². The Labute approximate surface area is 364 Å². The number of hydrogen-bond acceptors (Lipinski definition) is 10. The normalized spacial score (nSPS) is 14.7. The van der Waals surface area contributed by atoms with Crippen LogP contribution < -0.4 is 10.6 Å². The van der Waals surface area contributed by atoms with Crippen LogP contribution >= 0.6 is 35.3 Å². The van der Waals surface area contributed by atoms with Crippen LogP contribution in [0.3, 0.4) is 0 Å². The van der Waals surface area contributed by atoms with Crippen molar-refractivity contribution in [1.82, 2.24) is 15.5 Å². The highest BCUT2D eigenvalue weighted by molar-refractivity contribution is 8.00. The lowest BCUT2D eigenvalue weighted by Gasteiger charge is -2.26. The van der Waals surface area contributed by atoms with E-state index in [1.54, 1.807) is 35.3 Å². The van der Waals surface area contributed by atoms with Crippen molar-refractivity contribution in [2.45, 2.75) is 179 Å². The van der Waals surface area contributed by atoms with Gasteiger partial charge in [0.05, 0.1) is 25.9 Å². The molecule has 0 saturated carbocycles. The molecule has 0 radical (unpaired) electrons. The van der Waals surface area contributed by atoms with Crippen molar-refractivity contribution in [3.05, 3.63) is 0 Å². The number of amides is 2. The number of esters is 1. The van der Waals surface area contributed by atoms with Gasteiger partial charge in [-0.25, -0.2) is 0 Å². The first-order valence-corrected chi connectivity index (χ1v) is 26.2. The van der Waals surface area contributed by atoms with Gasteiger partial charge in [-0.05, 0) is 81.9 Å². The van der Waals surface area contributed by atoms with E-state index < -0.39 is 18.0 Å². The van der Waals surface area contributed by atoms with Crippen molar-refractivity contribution in [2.24, 2.45) is 5.92 Å². The molecule has 0 aromatic rings. The first-order chi connectivity index (χ1) is 28.1. The highest BCUT2D eigenvalue weighted by Crippen LogP contribution is 2.25. The average molecular weight is 876 g/mol. The van der Waals surface area contributed by atoms with Gasteiger partial charge in [0, 0.05) is 42.0 Å². The summed E-state index contributed by atoms with van der Waals surface area (Å²) in [5.74, 6) is 1.44. The average Bonchev–Trinajstić information content (AvgIpc) is 3.20. The predicted octanol–water partition coefficient (Wildman–Crippen LogP) is 9.20. The van der Waals surface area contributed by atoms with Crippen molar-refractivity contribution in [1.29, 1.82) is 0 Å².